The van der Waals surface area contributed by atoms with Gasteiger partial charge in [0.05, 0.1) is 6.20 Å². The molecule has 12 nitrogen and oxygen atoms in total. The first kappa shape index (κ1) is 20.3. The van der Waals surface area contributed by atoms with Crippen molar-refractivity contribution in [2.45, 2.75) is 19.5 Å². The molecule has 1 aliphatic heterocycles. The van der Waals surface area contributed by atoms with E-state index in [2.05, 4.69) is 20.6 Å². The van der Waals surface area contributed by atoms with Crippen LogP contribution in [0.3, 0.4) is 0 Å². The van der Waals surface area contributed by atoms with Gasteiger partial charge in [-0.15, -0.1) is 5.10 Å². The number of hydrogen-bond acceptors (Lipinski definition) is 9. The SMILES string of the molecule is Nc1c(N2CCc3ccc(CNC(=O)c4cc(C(=O)O)n5nncc5n4)cc3C2)c(=O)c1=O. The van der Waals surface area contributed by atoms with Crippen molar-refractivity contribution in [1.82, 2.24) is 25.1 Å². The smallest absolute Gasteiger partial charge is 0.354 e. The molecule has 2 aromatic heterocycles. The van der Waals surface area contributed by atoms with Crippen molar-refractivity contribution in [3.8, 4) is 0 Å². The summed E-state index contributed by atoms with van der Waals surface area (Å²) in [6, 6.07) is 6.91. The number of aromatic nitrogens is 4. The number of nitrogens with two attached hydrogens (primary N) is 1. The van der Waals surface area contributed by atoms with Crippen LogP contribution in [0.5, 0.6) is 0 Å². The summed E-state index contributed by atoms with van der Waals surface area (Å²) in [5, 5.41) is 19.4. The fourth-order valence-electron chi connectivity index (χ4n) is 3.99. The lowest BCUT2D eigenvalue weighted by Crippen LogP contribution is -2.44. The second-order valence-corrected chi connectivity index (χ2v) is 7.71. The highest BCUT2D eigenvalue weighted by molar-refractivity contribution is 5.95. The van der Waals surface area contributed by atoms with E-state index in [9.17, 15) is 24.3 Å². The maximum Gasteiger partial charge on any atom is 0.354 e. The monoisotopic (exact) mass is 447 g/mol. The third-order valence-electron chi connectivity index (χ3n) is 5.69. The highest BCUT2D eigenvalue weighted by Gasteiger charge is 2.27. The minimum absolute atomic E-state index is 0.00505. The van der Waals surface area contributed by atoms with Gasteiger partial charge < -0.3 is 21.1 Å². The molecule has 12 heteroatoms. The number of carbonyl (C=O) groups excluding carboxylic acids is 1. The van der Waals surface area contributed by atoms with Crippen molar-refractivity contribution in [2.24, 2.45) is 0 Å². The first-order valence-electron chi connectivity index (χ1n) is 10.0. The highest BCUT2D eigenvalue weighted by Crippen LogP contribution is 2.26. The van der Waals surface area contributed by atoms with E-state index in [0.717, 1.165) is 27.3 Å². The molecule has 0 fully saturated rings. The van der Waals surface area contributed by atoms with Crippen molar-refractivity contribution >= 4 is 28.9 Å². The average molecular weight is 447 g/mol. The van der Waals surface area contributed by atoms with Gasteiger partial charge in [-0.25, -0.2) is 9.78 Å². The van der Waals surface area contributed by atoms with E-state index in [1.165, 1.54) is 6.20 Å². The summed E-state index contributed by atoms with van der Waals surface area (Å²) >= 11 is 0. The first-order chi connectivity index (χ1) is 15.8. The van der Waals surface area contributed by atoms with E-state index in [1.54, 1.807) is 4.90 Å². The molecule has 33 heavy (non-hydrogen) atoms. The van der Waals surface area contributed by atoms with E-state index in [4.69, 9.17) is 5.73 Å². The average Bonchev–Trinajstić information content (AvgIpc) is 3.30. The van der Waals surface area contributed by atoms with Crippen LogP contribution >= 0.6 is 0 Å². The van der Waals surface area contributed by atoms with Crippen molar-refractivity contribution in [2.75, 3.05) is 17.2 Å². The number of aromatic carboxylic acids is 1. The predicted octanol–water partition coefficient (Wildman–Crippen LogP) is -0.507. The normalized spacial score (nSPS) is 13.3. The Balaban J connectivity index is 1.32. The number of carboxylic acids is 1. The summed E-state index contributed by atoms with van der Waals surface area (Å²) < 4.78 is 1.04. The Labute approximate surface area is 185 Å². The Morgan fingerprint density at radius 1 is 1.15 bits per heavy atom. The quantitative estimate of drug-likeness (QED) is 0.338. The van der Waals surface area contributed by atoms with Crippen molar-refractivity contribution in [3.63, 3.8) is 0 Å². The van der Waals surface area contributed by atoms with Crippen LogP contribution in [0.4, 0.5) is 11.4 Å². The summed E-state index contributed by atoms with van der Waals surface area (Å²) in [6.45, 7) is 1.20. The van der Waals surface area contributed by atoms with E-state index < -0.39 is 22.7 Å². The molecule has 166 valence electrons. The summed E-state index contributed by atoms with van der Waals surface area (Å²) in [5.41, 5.74) is 7.53. The number of amides is 1. The second-order valence-electron chi connectivity index (χ2n) is 7.71. The predicted molar refractivity (Wildman–Crippen MR) is 116 cm³/mol. The molecule has 0 spiro atoms. The number of benzene rings is 1. The Morgan fingerprint density at radius 2 is 1.97 bits per heavy atom. The maximum atomic E-state index is 12.6. The largest absolute Gasteiger partial charge is 0.477 e. The van der Waals surface area contributed by atoms with E-state index in [0.29, 0.717) is 19.5 Å². The van der Waals surface area contributed by atoms with Gasteiger partial charge >= 0.3 is 5.97 Å². The summed E-state index contributed by atoms with van der Waals surface area (Å²) in [5.74, 6) is -1.80. The van der Waals surface area contributed by atoms with Gasteiger partial charge in [-0.3, -0.25) is 14.4 Å². The number of nitrogen functional groups attached to an aromatic ring is 1. The zero-order chi connectivity index (χ0) is 23.3. The first-order valence-corrected chi connectivity index (χ1v) is 10.0. The molecule has 4 aromatic rings. The van der Waals surface area contributed by atoms with Crippen LogP contribution in [-0.4, -0.2) is 43.3 Å². The van der Waals surface area contributed by atoms with Gasteiger partial charge in [0.1, 0.15) is 17.1 Å². The molecule has 2 aromatic carbocycles. The Bertz CT molecular complexity index is 1520. The summed E-state index contributed by atoms with van der Waals surface area (Å²) in [6.07, 6.45) is 1.96. The minimum atomic E-state index is -1.26. The van der Waals surface area contributed by atoms with Gasteiger partial charge in [0.2, 0.25) is 0 Å². The van der Waals surface area contributed by atoms with E-state index in [1.807, 2.05) is 18.2 Å². The fraction of sp³-hybridized carbons (Fsp3) is 0.190. The van der Waals surface area contributed by atoms with Crippen LogP contribution in [0.25, 0.3) is 5.65 Å². The third-order valence-corrected chi connectivity index (χ3v) is 5.69. The molecule has 0 saturated heterocycles. The van der Waals surface area contributed by atoms with Crippen LogP contribution in [0.2, 0.25) is 0 Å². The molecule has 4 N–H and O–H groups in total. The summed E-state index contributed by atoms with van der Waals surface area (Å²) in [7, 11) is 0. The van der Waals surface area contributed by atoms with Gasteiger partial charge in [-0.1, -0.05) is 23.4 Å². The van der Waals surface area contributed by atoms with Crippen LogP contribution in [-0.2, 0) is 19.5 Å². The van der Waals surface area contributed by atoms with E-state index >= 15 is 0 Å². The zero-order valence-electron chi connectivity index (χ0n) is 17.1. The molecule has 5 rings (SSSR count). The van der Waals surface area contributed by atoms with Crippen molar-refractivity contribution in [1.29, 1.82) is 0 Å². The number of rotatable bonds is 5. The Hall–Kier alpha value is -4.61. The molecule has 0 radical (unpaired) electrons. The minimum Gasteiger partial charge on any atom is -0.477 e. The number of carbonyl (C=O) groups is 2. The number of fused-ring (bicyclic) bond motifs is 2. The topological polar surface area (TPSA) is 173 Å². The second kappa shape index (κ2) is 7.51. The number of hydrogen-bond donors (Lipinski definition) is 3. The van der Waals surface area contributed by atoms with Crippen molar-refractivity contribution < 1.29 is 14.7 Å². The summed E-state index contributed by atoms with van der Waals surface area (Å²) in [4.78, 5) is 53.3. The molecule has 0 atom stereocenters. The Morgan fingerprint density at radius 3 is 2.73 bits per heavy atom. The molecule has 0 aliphatic carbocycles. The van der Waals surface area contributed by atoms with Gasteiger partial charge in [0.25, 0.3) is 16.8 Å². The zero-order valence-corrected chi connectivity index (χ0v) is 17.1. The van der Waals surface area contributed by atoms with E-state index in [-0.39, 0.29) is 35.0 Å². The molecule has 0 unspecified atom stereocenters. The molecule has 3 heterocycles. The number of carboxylic acid groups (broad SMARTS) is 1. The highest BCUT2D eigenvalue weighted by atomic mass is 16.4. The van der Waals surface area contributed by atoms with Gasteiger partial charge in [0.15, 0.2) is 11.3 Å². The molecule has 0 bridgehead atoms. The number of nitrogens with one attached hydrogen (secondary N) is 1. The van der Waals surface area contributed by atoms with Crippen LogP contribution in [0, 0.1) is 0 Å². The van der Waals surface area contributed by atoms with Crippen LogP contribution in [0.1, 0.15) is 37.7 Å². The molecule has 0 saturated carbocycles. The molecular weight excluding hydrogens is 430 g/mol. The third kappa shape index (κ3) is 3.37. The molecule has 1 aliphatic rings. The van der Waals surface area contributed by atoms with Crippen LogP contribution in [0.15, 0.2) is 40.1 Å². The van der Waals surface area contributed by atoms with Gasteiger partial charge in [-0.05, 0) is 23.1 Å². The lowest BCUT2D eigenvalue weighted by atomic mass is 9.96. The molecule has 1 amide bonds. The number of anilines is 2. The lowest BCUT2D eigenvalue weighted by molar-refractivity contribution is 0.0687. The number of nitrogens with zero attached hydrogens (tertiary/aromatic N) is 5. The maximum absolute atomic E-state index is 12.6. The van der Waals surface area contributed by atoms with Gasteiger partial charge in [-0.2, -0.15) is 4.52 Å². The lowest BCUT2D eigenvalue weighted by Gasteiger charge is -2.32. The fourth-order valence-corrected chi connectivity index (χ4v) is 3.99. The molecular formula is C21H17N7O5. The van der Waals surface area contributed by atoms with Crippen LogP contribution < -0.4 is 26.8 Å². The standard InChI is InChI=1S/C21H17N7O5/c22-16-17(19(30)18(16)29)27-4-3-11-2-1-10(5-12(11)9-27)7-23-20(31)13-6-14(21(32)33)28-15(25-13)8-24-26-28/h1-2,5-6,8H,3-4,7,9,22H2,(H,23,31)(H,32,33). The van der Waals surface area contributed by atoms with Gasteiger partial charge in [0, 0.05) is 25.7 Å². The Kier molecular flexibility index (Phi) is 4.62. The van der Waals surface area contributed by atoms with Crippen molar-refractivity contribution in [3.05, 3.63) is 79.0 Å².